The predicted molar refractivity (Wildman–Crippen MR) is 399 cm³/mol. The summed E-state index contributed by atoms with van der Waals surface area (Å²) in [4.78, 5) is 0. The van der Waals surface area contributed by atoms with Crippen LogP contribution < -0.4 is 10.6 Å². The van der Waals surface area contributed by atoms with Gasteiger partial charge in [0.25, 0.3) is 0 Å². The maximum atomic E-state index is 11.3. The first-order valence-corrected chi connectivity index (χ1v) is 42.8. The molecule has 8 heterocycles. The van der Waals surface area contributed by atoms with Crippen LogP contribution in [0.25, 0.3) is 0 Å². The van der Waals surface area contributed by atoms with Crippen molar-refractivity contribution in [1.82, 2.24) is 10.6 Å². The molecule has 0 saturated carbocycles. The molecule has 8 rings (SSSR count). The number of hydrogen-bond acceptors (Lipinski definition) is 50. The van der Waals surface area contributed by atoms with E-state index >= 15 is 0 Å². The minimum absolute atomic E-state index is 0.0332. The fraction of sp³-hybridized carbons (Fsp3) is 0.985. The van der Waals surface area contributed by atoms with Gasteiger partial charge in [-0.1, -0.05) is 6.92 Å². The number of nitrogens with one attached hydrogen (secondary N) is 2. The molecule has 0 spiro atoms. The summed E-state index contributed by atoms with van der Waals surface area (Å²) in [7, 11) is 0. The van der Waals surface area contributed by atoms with Gasteiger partial charge in [0, 0.05) is 50.3 Å². The SMILES string of the molecule is C[C@@H]1C(CSCCNC(=S)NCC(COCCCS[C@@H]2OC(CO)[C@@H](O[C@@H]3OC(CO)[C@H](O)[C@H](O)C3(O)O)[C@H](O)C2O)(COCCCS[C@@H]2OC(CO)[C@@H](O[C@@H]3OC(CO)[C@H](O)[C@H](O)C3(O)O)[C@H](O)C2O)COCCCS[C@@H]2OC(CO)[C@@H](O[C@@H]3OC(CO)[C@H](O)[C@H](O)C3(O)O)[C@H](O)C2O)O[C@H](O[C@@H]2C(CO)O[C@H](O)C(O)[C@H]2O)C(O)[C@H]1O. The Labute approximate surface area is 697 Å². The fourth-order valence-corrected chi connectivity index (χ4v) is 18.4. The van der Waals surface area contributed by atoms with E-state index in [-0.39, 0.29) is 100 Å². The Bertz CT molecular complexity index is 2700. The molecule has 0 bridgehead atoms. The van der Waals surface area contributed by atoms with E-state index in [0.717, 1.165) is 35.3 Å². The molecule has 37 atom stereocenters. The first kappa shape index (κ1) is 103. The molecular formula is C66H118N2O45S5. The number of ether oxygens (including phenoxy) is 15. The Morgan fingerprint density at radius 1 is 0.364 bits per heavy atom. The van der Waals surface area contributed by atoms with Gasteiger partial charge in [-0.05, 0) is 48.7 Å². The lowest BCUT2D eigenvalue weighted by Crippen LogP contribution is -2.69. The highest BCUT2D eigenvalue weighted by Crippen LogP contribution is 2.41. The molecule has 8 saturated heterocycles. The van der Waals surface area contributed by atoms with Gasteiger partial charge < -0.3 is 235 Å². The summed E-state index contributed by atoms with van der Waals surface area (Å²) in [6.45, 7) is -5.01. The van der Waals surface area contributed by atoms with Crippen molar-refractivity contribution in [3.8, 4) is 0 Å². The summed E-state index contributed by atoms with van der Waals surface area (Å²) in [5.41, 5.74) is -5.00. The predicted octanol–water partition coefficient (Wildman–Crippen LogP) is -16.7. The summed E-state index contributed by atoms with van der Waals surface area (Å²) >= 11 is 10.0. The van der Waals surface area contributed by atoms with Gasteiger partial charge in [-0.3, -0.25) is 0 Å². The Morgan fingerprint density at radius 2 is 0.695 bits per heavy atom. The first-order chi connectivity index (χ1) is 55.8. The monoisotopic (exact) mass is 1820 g/mol. The molecule has 0 aliphatic carbocycles. The molecule has 0 aromatic rings. The smallest absolute Gasteiger partial charge is 0.245 e. The van der Waals surface area contributed by atoms with Crippen LogP contribution in [0.15, 0.2) is 0 Å². The normalized spacial score (nSPS) is 43.3. The molecule has 0 aromatic heterocycles. The van der Waals surface area contributed by atoms with Crippen LogP contribution in [0.5, 0.6) is 0 Å². The molecule has 47 nitrogen and oxygen atoms in total. The van der Waals surface area contributed by atoms with Crippen molar-refractivity contribution in [2.75, 3.05) is 128 Å². The fourth-order valence-electron chi connectivity index (χ4n) is 13.9. The Balaban J connectivity index is 0.932. The molecule has 0 amide bonds. The third-order valence-corrected chi connectivity index (χ3v) is 26.3. The number of thiocarbonyl (C=S) groups is 1. The maximum absolute atomic E-state index is 11.3. The van der Waals surface area contributed by atoms with Gasteiger partial charge in [0.15, 0.2) is 17.7 Å². The Hall–Kier alpha value is -0.710. The van der Waals surface area contributed by atoms with Crippen molar-refractivity contribution in [2.24, 2.45) is 11.3 Å². The zero-order chi connectivity index (χ0) is 87.1. The van der Waals surface area contributed by atoms with Crippen molar-refractivity contribution in [2.45, 2.75) is 262 Å². The van der Waals surface area contributed by atoms with E-state index in [1.54, 1.807) is 6.92 Å². The highest BCUT2D eigenvalue weighted by atomic mass is 32.2. The van der Waals surface area contributed by atoms with Crippen molar-refractivity contribution >= 4 is 64.4 Å². The number of rotatable bonds is 43. The first-order valence-electron chi connectivity index (χ1n) is 38.1. The van der Waals surface area contributed by atoms with Gasteiger partial charge >= 0.3 is 0 Å². The van der Waals surface area contributed by atoms with Crippen LogP contribution in [0.1, 0.15) is 26.2 Å². The largest absolute Gasteiger partial charge is 0.394 e. The zero-order valence-corrected chi connectivity index (χ0v) is 67.8. The van der Waals surface area contributed by atoms with Gasteiger partial charge in [-0.2, -0.15) is 11.8 Å². The van der Waals surface area contributed by atoms with Crippen LogP contribution in [-0.2, 0) is 71.1 Å². The topological polar surface area (TPSA) is 769 Å². The molecule has 8 fully saturated rings. The molecule has 13 unspecified atom stereocenters. The molecule has 0 radical (unpaired) electrons. The lowest BCUT2D eigenvalue weighted by molar-refractivity contribution is -0.421. The lowest BCUT2D eigenvalue weighted by atomic mass is 9.90. The molecule has 692 valence electrons. The number of aliphatic hydroxyl groups is 30. The maximum Gasteiger partial charge on any atom is 0.245 e. The third kappa shape index (κ3) is 25.0. The van der Waals surface area contributed by atoms with E-state index in [4.69, 9.17) is 83.3 Å². The number of thioether (sulfide) groups is 4. The van der Waals surface area contributed by atoms with E-state index in [0.29, 0.717) is 5.75 Å². The van der Waals surface area contributed by atoms with E-state index in [9.17, 15) is 153 Å². The molecule has 32 N–H and O–H groups in total. The van der Waals surface area contributed by atoms with E-state index < -0.39 is 294 Å². The van der Waals surface area contributed by atoms with Crippen molar-refractivity contribution < 1.29 is 224 Å². The van der Waals surface area contributed by atoms with Crippen LogP contribution in [0.3, 0.4) is 0 Å². The molecule has 8 aliphatic rings. The van der Waals surface area contributed by atoms with Gasteiger partial charge in [-0.25, -0.2) is 0 Å². The van der Waals surface area contributed by atoms with Crippen LogP contribution in [0.2, 0.25) is 0 Å². The lowest BCUT2D eigenvalue weighted by Gasteiger charge is -2.48. The highest BCUT2D eigenvalue weighted by molar-refractivity contribution is 8.00. The van der Waals surface area contributed by atoms with Crippen molar-refractivity contribution in [1.29, 1.82) is 0 Å². The second kappa shape index (κ2) is 47.0. The molecule has 0 aromatic carbocycles. The van der Waals surface area contributed by atoms with Gasteiger partial charge in [0.1, 0.15) is 175 Å². The summed E-state index contributed by atoms with van der Waals surface area (Å²) in [6, 6.07) is 0. The van der Waals surface area contributed by atoms with Gasteiger partial charge in [0.05, 0.1) is 83.7 Å². The minimum Gasteiger partial charge on any atom is -0.394 e. The molecule has 52 heteroatoms. The summed E-state index contributed by atoms with van der Waals surface area (Å²) in [6.07, 6.45) is -58.4. The van der Waals surface area contributed by atoms with E-state index in [1.165, 1.54) is 11.8 Å². The Morgan fingerprint density at radius 3 is 1.04 bits per heavy atom. The number of aliphatic hydroxyl groups excluding tert-OH is 24. The van der Waals surface area contributed by atoms with Crippen LogP contribution in [-0.4, -0.2) is 522 Å². The molecule has 118 heavy (non-hydrogen) atoms. The quantitative estimate of drug-likeness (QED) is 0.0153. The summed E-state index contributed by atoms with van der Waals surface area (Å²) in [5.74, 6) is -9.68. The van der Waals surface area contributed by atoms with Crippen molar-refractivity contribution in [3.63, 3.8) is 0 Å². The average Bonchev–Trinajstić information content (AvgIpc) is 0.771. The second-order valence-electron chi connectivity index (χ2n) is 29.9. The van der Waals surface area contributed by atoms with E-state index in [1.807, 2.05) is 0 Å². The van der Waals surface area contributed by atoms with Gasteiger partial charge in [0.2, 0.25) is 36.2 Å². The highest BCUT2D eigenvalue weighted by Gasteiger charge is 2.62. The minimum atomic E-state index is -3.32. The second-order valence-corrected chi connectivity index (χ2v) is 35.0. The molecular weight excluding hydrogens is 1700 g/mol. The zero-order valence-electron chi connectivity index (χ0n) is 63.7. The standard InChI is InChI=1S/C66H118N2O45S5/c1-25-33(103-55(43(85)34(25)76)110-47-29(16-72)102-54(92)42(84)38(47)80)20-115-12-5-67-62(114)68-21-63(22-99-6-2-9-116-56-44(86)39(81)48(30(17-73)104-56)111-59-64(93,94)51(89)35(77)26(13-69)107-59,23-100-7-3-10-117-57-45(87)40(82)49(31(18-74)105-57)112-60-65(95,96)52(90)36(78)27(14-70)108-60)24-101-8-4-11-118-58-46(88)41(83)50(32(19-75)106-58)113-61-66(97,98)53(91)37(79)28(15-71)109-61/h25-61,69-98H,2-24H2,1H3,(H2,67,68,114)/t25-,26?,27?,28?,29?,30?,31?,32?,33?,34+,35+,36+,37+,38-,39-,40-,41-,42?,43?,44?,45?,46?,47-,48-,49-,50-,51+,52+,53+,54+,55-,56+,57+,58+,59+,60+,61+,63?/m1/s1. The van der Waals surface area contributed by atoms with Crippen LogP contribution in [0, 0.1) is 11.3 Å². The summed E-state index contributed by atoms with van der Waals surface area (Å²) < 4.78 is 86.2. The van der Waals surface area contributed by atoms with E-state index in [2.05, 4.69) is 10.6 Å². The molecule has 8 aliphatic heterocycles. The third-order valence-electron chi connectivity index (χ3n) is 21.2. The van der Waals surface area contributed by atoms with Crippen LogP contribution >= 0.6 is 59.3 Å². The number of hydrogen-bond donors (Lipinski definition) is 32. The van der Waals surface area contributed by atoms with Crippen molar-refractivity contribution in [3.05, 3.63) is 0 Å². The Kier molecular flexibility index (Phi) is 40.9. The summed E-state index contributed by atoms with van der Waals surface area (Å²) in [5, 5.41) is 323. The van der Waals surface area contributed by atoms with Crippen LogP contribution in [0.4, 0.5) is 0 Å². The van der Waals surface area contributed by atoms with Gasteiger partial charge in [-0.15, -0.1) is 35.3 Å². The average molecular weight is 1820 g/mol.